The van der Waals surface area contributed by atoms with Gasteiger partial charge in [0.15, 0.2) is 0 Å². The Balaban J connectivity index is 1.70. The van der Waals surface area contributed by atoms with E-state index in [2.05, 4.69) is 21.2 Å². The van der Waals surface area contributed by atoms with Crippen LogP contribution in [0.15, 0.2) is 57.9 Å². The van der Waals surface area contributed by atoms with Gasteiger partial charge in [-0.1, -0.05) is 40.2 Å². The number of fused-ring (bicyclic) bond motifs is 1. The summed E-state index contributed by atoms with van der Waals surface area (Å²) in [7, 11) is -3.92. The van der Waals surface area contributed by atoms with Gasteiger partial charge in [0.25, 0.3) is 15.9 Å². The standard InChI is InChI=1S/C24H28BrN3O5S/c1-16(2)26-23(30)17(3)27(15-18-10-12-19(25)13-11-18)22(29)9-6-14-28-24(31)20-7-4-5-8-21(20)34(28,32)33/h4-5,7-8,10-13,16-17H,6,9,14-15H2,1-3H3,(H,26,30)/t17-/m1/s1. The van der Waals surface area contributed by atoms with Crippen molar-refractivity contribution in [1.82, 2.24) is 14.5 Å². The van der Waals surface area contributed by atoms with Crippen LogP contribution < -0.4 is 5.32 Å². The highest BCUT2D eigenvalue weighted by molar-refractivity contribution is 9.10. The number of nitrogens with zero attached hydrogens (tertiary/aromatic N) is 2. The van der Waals surface area contributed by atoms with Crippen LogP contribution in [0.2, 0.25) is 0 Å². The second-order valence-electron chi connectivity index (χ2n) is 8.47. The van der Waals surface area contributed by atoms with Gasteiger partial charge in [-0.25, -0.2) is 12.7 Å². The number of hydrogen-bond donors (Lipinski definition) is 1. The SMILES string of the molecule is CC(C)NC(=O)[C@@H](C)N(Cc1ccc(Br)cc1)C(=O)CCCN1C(=O)c2ccccc2S1(=O)=O. The third kappa shape index (κ3) is 5.67. The van der Waals surface area contributed by atoms with Gasteiger partial charge in [-0.05, 0) is 57.0 Å². The zero-order valence-corrected chi connectivity index (χ0v) is 21.7. The number of hydrogen-bond acceptors (Lipinski definition) is 5. The normalized spacial score (nSPS) is 15.2. The summed E-state index contributed by atoms with van der Waals surface area (Å²) in [5.41, 5.74) is 0.998. The van der Waals surface area contributed by atoms with Crippen LogP contribution in [0.4, 0.5) is 0 Å². The maximum absolute atomic E-state index is 13.2. The van der Waals surface area contributed by atoms with Gasteiger partial charge in [0.1, 0.15) is 10.9 Å². The van der Waals surface area contributed by atoms with Crippen molar-refractivity contribution >= 4 is 43.7 Å². The van der Waals surface area contributed by atoms with Crippen LogP contribution >= 0.6 is 15.9 Å². The van der Waals surface area contributed by atoms with E-state index in [0.29, 0.717) is 0 Å². The minimum absolute atomic E-state index is 0.00846. The molecule has 0 saturated carbocycles. The lowest BCUT2D eigenvalue weighted by Gasteiger charge is -2.29. The van der Waals surface area contributed by atoms with E-state index in [-0.39, 0.29) is 54.2 Å². The van der Waals surface area contributed by atoms with Crippen LogP contribution in [-0.2, 0) is 26.2 Å². The molecule has 3 rings (SSSR count). The lowest BCUT2D eigenvalue weighted by molar-refractivity contribution is -0.140. The summed E-state index contributed by atoms with van der Waals surface area (Å²) in [5, 5.41) is 2.83. The van der Waals surface area contributed by atoms with Crippen LogP contribution in [0.1, 0.15) is 49.5 Å². The number of rotatable bonds is 9. The predicted octanol–water partition coefficient (Wildman–Crippen LogP) is 3.32. The zero-order valence-electron chi connectivity index (χ0n) is 19.3. The number of benzene rings is 2. The van der Waals surface area contributed by atoms with Gasteiger partial charge in [0, 0.05) is 30.0 Å². The van der Waals surface area contributed by atoms with Crippen LogP contribution in [-0.4, -0.2) is 54.0 Å². The molecule has 1 heterocycles. The fourth-order valence-corrected chi connectivity index (χ4v) is 5.62. The van der Waals surface area contributed by atoms with E-state index >= 15 is 0 Å². The number of amides is 3. The van der Waals surface area contributed by atoms with E-state index in [1.807, 2.05) is 38.1 Å². The molecule has 0 aromatic heterocycles. The summed E-state index contributed by atoms with van der Waals surface area (Å²) in [6, 6.07) is 12.7. The van der Waals surface area contributed by atoms with Gasteiger partial charge in [-0.3, -0.25) is 14.4 Å². The number of carbonyl (C=O) groups is 3. The molecule has 182 valence electrons. The Morgan fingerprint density at radius 2 is 1.71 bits per heavy atom. The molecular formula is C24H28BrN3O5S. The molecule has 1 atom stereocenters. The van der Waals surface area contributed by atoms with Crippen molar-refractivity contribution in [3.05, 3.63) is 64.1 Å². The molecule has 10 heteroatoms. The first-order valence-electron chi connectivity index (χ1n) is 11.0. The van der Waals surface area contributed by atoms with E-state index in [4.69, 9.17) is 0 Å². The summed E-state index contributed by atoms with van der Waals surface area (Å²) in [6.07, 6.45) is 0.138. The highest BCUT2D eigenvalue weighted by Gasteiger charge is 2.40. The van der Waals surface area contributed by atoms with Crippen molar-refractivity contribution in [1.29, 1.82) is 0 Å². The lowest BCUT2D eigenvalue weighted by atomic mass is 10.1. The Kier molecular flexibility index (Phi) is 8.14. The van der Waals surface area contributed by atoms with Crippen LogP contribution in [0.25, 0.3) is 0 Å². The van der Waals surface area contributed by atoms with Crippen molar-refractivity contribution in [2.45, 2.75) is 57.1 Å². The Morgan fingerprint density at radius 3 is 2.32 bits per heavy atom. The highest BCUT2D eigenvalue weighted by Crippen LogP contribution is 2.30. The third-order valence-corrected chi connectivity index (χ3v) is 7.90. The summed E-state index contributed by atoms with van der Waals surface area (Å²) >= 11 is 3.39. The van der Waals surface area contributed by atoms with Gasteiger partial charge >= 0.3 is 0 Å². The number of carbonyl (C=O) groups excluding carboxylic acids is 3. The smallest absolute Gasteiger partial charge is 0.269 e. The molecule has 0 aliphatic carbocycles. The van der Waals surface area contributed by atoms with Crippen LogP contribution in [0.3, 0.4) is 0 Å². The minimum Gasteiger partial charge on any atom is -0.352 e. The first kappa shape index (κ1) is 25.9. The molecule has 8 nitrogen and oxygen atoms in total. The Bertz CT molecular complexity index is 1180. The first-order valence-corrected chi connectivity index (χ1v) is 13.3. The minimum atomic E-state index is -3.92. The van der Waals surface area contributed by atoms with E-state index < -0.39 is 22.0 Å². The summed E-state index contributed by atoms with van der Waals surface area (Å²) in [6.45, 7) is 5.47. The third-order valence-electron chi connectivity index (χ3n) is 5.53. The maximum atomic E-state index is 13.2. The number of nitrogens with one attached hydrogen (secondary N) is 1. The molecule has 0 bridgehead atoms. The number of sulfonamides is 1. The predicted molar refractivity (Wildman–Crippen MR) is 131 cm³/mol. The van der Waals surface area contributed by atoms with Gasteiger partial charge in [0.2, 0.25) is 11.8 Å². The molecule has 2 aromatic carbocycles. The van der Waals surface area contributed by atoms with Gasteiger partial charge in [-0.2, -0.15) is 0 Å². The number of halogens is 1. The van der Waals surface area contributed by atoms with Gasteiger partial charge < -0.3 is 10.2 Å². The molecule has 0 fully saturated rings. The highest BCUT2D eigenvalue weighted by atomic mass is 79.9. The van der Waals surface area contributed by atoms with E-state index in [1.54, 1.807) is 19.1 Å². The van der Waals surface area contributed by atoms with Crippen molar-refractivity contribution in [2.75, 3.05) is 6.54 Å². The average molecular weight is 550 g/mol. The van der Waals surface area contributed by atoms with Gasteiger partial charge in [-0.15, -0.1) is 0 Å². The largest absolute Gasteiger partial charge is 0.352 e. The second-order valence-corrected chi connectivity index (χ2v) is 11.2. The van der Waals surface area contributed by atoms with E-state index in [0.717, 1.165) is 14.3 Å². The average Bonchev–Trinajstić information content (AvgIpc) is 2.98. The van der Waals surface area contributed by atoms with Crippen molar-refractivity contribution < 1.29 is 22.8 Å². The fourth-order valence-electron chi connectivity index (χ4n) is 3.74. The molecular weight excluding hydrogens is 522 g/mol. The molecule has 1 N–H and O–H groups in total. The van der Waals surface area contributed by atoms with Crippen molar-refractivity contribution in [3.63, 3.8) is 0 Å². The van der Waals surface area contributed by atoms with Gasteiger partial charge in [0.05, 0.1) is 5.56 Å². The second kappa shape index (κ2) is 10.7. The fraction of sp³-hybridized carbons (Fsp3) is 0.375. The maximum Gasteiger partial charge on any atom is 0.269 e. The zero-order chi connectivity index (χ0) is 25.0. The quantitative estimate of drug-likeness (QED) is 0.516. The Labute approximate surface area is 208 Å². The van der Waals surface area contributed by atoms with E-state index in [9.17, 15) is 22.8 Å². The van der Waals surface area contributed by atoms with Crippen LogP contribution in [0, 0.1) is 0 Å². The Hall–Kier alpha value is -2.72. The molecule has 2 aromatic rings. The molecule has 1 aliphatic rings. The molecule has 0 unspecified atom stereocenters. The first-order chi connectivity index (χ1) is 16.0. The topological polar surface area (TPSA) is 104 Å². The summed E-state index contributed by atoms with van der Waals surface area (Å²) < 4.78 is 27.2. The molecule has 0 spiro atoms. The summed E-state index contributed by atoms with van der Waals surface area (Å²) in [5.74, 6) is -1.15. The molecule has 34 heavy (non-hydrogen) atoms. The van der Waals surface area contributed by atoms with Crippen molar-refractivity contribution in [3.8, 4) is 0 Å². The van der Waals surface area contributed by atoms with Crippen LogP contribution in [0.5, 0.6) is 0 Å². The molecule has 0 radical (unpaired) electrons. The Morgan fingerprint density at radius 1 is 1.06 bits per heavy atom. The molecule has 1 aliphatic heterocycles. The monoisotopic (exact) mass is 549 g/mol. The van der Waals surface area contributed by atoms with E-state index in [1.165, 1.54) is 17.0 Å². The lowest BCUT2D eigenvalue weighted by Crippen LogP contribution is -2.49. The molecule has 0 saturated heterocycles. The summed E-state index contributed by atoms with van der Waals surface area (Å²) in [4.78, 5) is 39.9. The molecule has 3 amide bonds. The van der Waals surface area contributed by atoms with Crippen molar-refractivity contribution in [2.24, 2.45) is 0 Å².